The van der Waals surface area contributed by atoms with E-state index >= 15 is 0 Å². The van der Waals surface area contributed by atoms with Crippen LogP contribution in [0.2, 0.25) is 0 Å². The maximum Gasteiger partial charge on any atom is 0.308 e. The second kappa shape index (κ2) is 6.45. The van der Waals surface area contributed by atoms with E-state index in [2.05, 4.69) is 4.98 Å². The van der Waals surface area contributed by atoms with Crippen LogP contribution in [0.3, 0.4) is 0 Å². The van der Waals surface area contributed by atoms with Gasteiger partial charge in [-0.15, -0.1) is 11.3 Å². The van der Waals surface area contributed by atoms with Crippen LogP contribution < -0.4 is 0 Å². The lowest BCUT2D eigenvalue weighted by molar-refractivity contribution is -0.136. The molecule has 1 aromatic heterocycles. The predicted octanol–water partition coefficient (Wildman–Crippen LogP) is 2.63. The van der Waals surface area contributed by atoms with Gasteiger partial charge in [0.15, 0.2) is 0 Å². The van der Waals surface area contributed by atoms with Crippen molar-refractivity contribution in [3.63, 3.8) is 0 Å². The molecule has 0 atom stereocenters. The third kappa shape index (κ3) is 3.62. The van der Waals surface area contributed by atoms with Crippen molar-refractivity contribution in [3.05, 3.63) is 40.2 Å². The number of methoxy groups -OCH3 is 1. The van der Waals surface area contributed by atoms with Crippen molar-refractivity contribution in [1.29, 1.82) is 0 Å². The fraction of sp³-hybridized carbons (Fsp3) is 0.286. The van der Waals surface area contributed by atoms with Gasteiger partial charge in [-0.2, -0.15) is 0 Å². The van der Waals surface area contributed by atoms with Crippen LogP contribution in [0.25, 0.3) is 11.3 Å². The monoisotopic (exact) mass is 277 g/mol. The molecule has 0 saturated heterocycles. The van der Waals surface area contributed by atoms with Crippen LogP contribution in [0.1, 0.15) is 9.88 Å². The van der Waals surface area contributed by atoms with E-state index in [9.17, 15) is 4.79 Å². The molecule has 2 aromatic rings. The van der Waals surface area contributed by atoms with Gasteiger partial charge >= 0.3 is 5.97 Å². The molecule has 0 aliphatic rings. The van der Waals surface area contributed by atoms with Crippen LogP contribution >= 0.6 is 11.3 Å². The number of ether oxygens (including phenoxy) is 1. The molecule has 0 saturated carbocycles. The minimum Gasteiger partial charge on any atom is -0.481 e. The van der Waals surface area contributed by atoms with Gasteiger partial charge in [0.1, 0.15) is 0 Å². The number of carboxylic acids is 1. The first-order valence-corrected chi connectivity index (χ1v) is 6.77. The number of nitrogens with zero attached hydrogens (tertiary/aromatic N) is 1. The van der Waals surface area contributed by atoms with Gasteiger partial charge in [-0.25, -0.2) is 4.98 Å². The van der Waals surface area contributed by atoms with Crippen molar-refractivity contribution in [2.45, 2.75) is 12.8 Å². The molecule has 0 aliphatic carbocycles. The van der Waals surface area contributed by atoms with E-state index in [4.69, 9.17) is 9.84 Å². The van der Waals surface area contributed by atoms with Crippen molar-refractivity contribution in [1.82, 2.24) is 4.98 Å². The average Bonchev–Trinajstić information content (AvgIpc) is 2.79. The lowest BCUT2D eigenvalue weighted by Crippen LogP contribution is -1.99. The van der Waals surface area contributed by atoms with Gasteiger partial charge in [-0.1, -0.05) is 30.3 Å². The Morgan fingerprint density at radius 2 is 2.11 bits per heavy atom. The molecule has 0 bridgehead atoms. The normalized spacial score (nSPS) is 10.6. The molecule has 1 N–H and O–H groups in total. The zero-order chi connectivity index (χ0) is 13.7. The van der Waals surface area contributed by atoms with Crippen molar-refractivity contribution in [2.75, 3.05) is 13.7 Å². The number of carbonyl (C=O) groups is 1. The number of rotatable bonds is 6. The van der Waals surface area contributed by atoms with E-state index in [-0.39, 0.29) is 6.42 Å². The Kier molecular flexibility index (Phi) is 4.65. The highest BCUT2D eigenvalue weighted by atomic mass is 32.1. The summed E-state index contributed by atoms with van der Waals surface area (Å²) in [6.07, 6.45) is 0.718. The second-order valence-electron chi connectivity index (χ2n) is 4.06. The number of aromatic nitrogens is 1. The average molecular weight is 277 g/mol. The Labute approximate surface area is 115 Å². The number of aliphatic carboxylic acids is 1. The predicted molar refractivity (Wildman–Crippen MR) is 74.5 cm³/mol. The van der Waals surface area contributed by atoms with Crippen molar-refractivity contribution >= 4 is 17.3 Å². The van der Waals surface area contributed by atoms with E-state index < -0.39 is 5.97 Å². The quantitative estimate of drug-likeness (QED) is 0.881. The third-order valence-electron chi connectivity index (χ3n) is 2.62. The smallest absolute Gasteiger partial charge is 0.308 e. The topological polar surface area (TPSA) is 59.4 Å². The maximum absolute atomic E-state index is 10.9. The van der Waals surface area contributed by atoms with Crippen LogP contribution in [0.5, 0.6) is 0 Å². The van der Waals surface area contributed by atoms with Gasteiger partial charge in [-0.3, -0.25) is 4.79 Å². The summed E-state index contributed by atoms with van der Waals surface area (Å²) in [5, 5.41) is 9.89. The molecule has 0 amide bonds. The number of thiazole rings is 1. The summed E-state index contributed by atoms with van der Waals surface area (Å²) in [5.41, 5.74) is 1.73. The Morgan fingerprint density at radius 3 is 2.74 bits per heavy atom. The maximum atomic E-state index is 10.9. The summed E-state index contributed by atoms with van der Waals surface area (Å²) < 4.78 is 5.03. The second-order valence-corrected chi connectivity index (χ2v) is 5.23. The highest BCUT2D eigenvalue weighted by molar-refractivity contribution is 7.12. The van der Waals surface area contributed by atoms with E-state index in [0.717, 1.165) is 21.1 Å². The van der Waals surface area contributed by atoms with Gasteiger partial charge in [-0.05, 0) is 0 Å². The third-order valence-corrected chi connectivity index (χ3v) is 3.74. The van der Waals surface area contributed by atoms with Crippen LogP contribution in [0, 0.1) is 0 Å². The lowest BCUT2D eigenvalue weighted by atomic mass is 10.1. The summed E-state index contributed by atoms with van der Waals surface area (Å²) >= 11 is 1.45. The lowest BCUT2D eigenvalue weighted by Gasteiger charge is -1.99. The first-order valence-electron chi connectivity index (χ1n) is 5.95. The molecule has 0 unspecified atom stereocenters. The molecule has 0 fully saturated rings. The minimum absolute atomic E-state index is 0.00881. The Hall–Kier alpha value is -1.72. The highest BCUT2D eigenvalue weighted by Crippen LogP contribution is 2.29. The molecule has 0 aliphatic heterocycles. The minimum atomic E-state index is -0.834. The van der Waals surface area contributed by atoms with E-state index in [1.807, 2.05) is 30.3 Å². The van der Waals surface area contributed by atoms with Gasteiger partial charge < -0.3 is 9.84 Å². The summed E-state index contributed by atoms with van der Waals surface area (Å²) in [6.45, 7) is 0.592. The standard InChI is InChI=1S/C14H15NO3S/c1-18-8-7-12-15-14(10-5-3-2-4-6-10)11(19-12)9-13(16)17/h2-6H,7-9H2,1H3,(H,16,17). The van der Waals surface area contributed by atoms with Gasteiger partial charge in [0.05, 0.1) is 23.7 Å². The largest absolute Gasteiger partial charge is 0.481 e. The fourth-order valence-corrected chi connectivity index (χ4v) is 2.84. The molecule has 1 heterocycles. The first-order chi connectivity index (χ1) is 9.20. The molecule has 5 heteroatoms. The molecule has 19 heavy (non-hydrogen) atoms. The summed E-state index contributed by atoms with van der Waals surface area (Å²) in [6, 6.07) is 9.67. The zero-order valence-corrected chi connectivity index (χ0v) is 11.4. The van der Waals surface area contributed by atoms with E-state index in [0.29, 0.717) is 13.0 Å². The highest BCUT2D eigenvalue weighted by Gasteiger charge is 2.15. The Balaban J connectivity index is 2.33. The first kappa shape index (κ1) is 13.7. The Morgan fingerprint density at radius 1 is 1.37 bits per heavy atom. The van der Waals surface area contributed by atoms with Crippen molar-refractivity contribution in [2.24, 2.45) is 0 Å². The summed E-state index contributed by atoms with van der Waals surface area (Å²) in [4.78, 5) is 16.3. The molecule has 4 nitrogen and oxygen atoms in total. The fourth-order valence-electron chi connectivity index (χ4n) is 1.78. The molecular weight excluding hydrogens is 262 g/mol. The molecule has 100 valence electrons. The molecule has 0 radical (unpaired) electrons. The van der Waals surface area contributed by atoms with Crippen LogP contribution in [-0.2, 0) is 22.4 Å². The van der Waals surface area contributed by atoms with Crippen LogP contribution in [0.4, 0.5) is 0 Å². The molecule has 1 aromatic carbocycles. The number of hydrogen-bond donors (Lipinski definition) is 1. The molecular formula is C14H15NO3S. The zero-order valence-electron chi connectivity index (χ0n) is 10.6. The number of carboxylic acid groups (broad SMARTS) is 1. The van der Waals surface area contributed by atoms with E-state index in [1.165, 1.54) is 11.3 Å². The van der Waals surface area contributed by atoms with Crippen molar-refractivity contribution in [3.8, 4) is 11.3 Å². The number of hydrogen-bond acceptors (Lipinski definition) is 4. The summed E-state index contributed by atoms with van der Waals surface area (Å²) in [5.74, 6) is -0.834. The van der Waals surface area contributed by atoms with Gasteiger partial charge in [0.2, 0.25) is 0 Å². The summed E-state index contributed by atoms with van der Waals surface area (Å²) in [7, 11) is 1.64. The van der Waals surface area contributed by atoms with Crippen LogP contribution in [0.15, 0.2) is 30.3 Å². The van der Waals surface area contributed by atoms with Gasteiger partial charge in [0, 0.05) is 24.0 Å². The molecule has 2 rings (SSSR count). The van der Waals surface area contributed by atoms with Crippen LogP contribution in [-0.4, -0.2) is 29.8 Å². The van der Waals surface area contributed by atoms with Gasteiger partial charge in [0.25, 0.3) is 0 Å². The van der Waals surface area contributed by atoms with Crippen molar-refractivity contribution < 1.29 is 14.6 Å². The Bertz CT molecular complexity index is 551. The SMILES string of the molecule is COCCc1nc(-c2ccccc2)c(CC(=O)O)s1. The number of benzene rings is 1. The van der Waals surface area contributed by atoms with E-state index in [1.54, 1.807) is 7.11 Å². The molecule has 0 spiro atoms.